The molecule has 2 aromatic carbocycles. The zero-order valence-corrected chi connectivity index (χ0v) is 19.3. The van der Waals surface area contributed by atoms with Crippen LogP contribution in [0.1, 0.15) is 29.5 Å². The summed E-state index contributed by atoms with van der Waals surface area (Å²) < 4.78 is 11.6. The molecule has 2 aliphatic rings. The van der Waals surface area contributed by atoms with Gasteiger partial charge < -0.3 is 14.4 Å². The molecule has 0 bridgehead atoms. The lowest BCUT2D eigenvalue weighted by atomic mass is 9.72. The summed E-state index contributed by atoms with van der Waals surface area (Å²) in [5.41, 5.74) is 4.08. The zero-order valence-electron chi connectivity index (χ0n) is 19.3. The summed E-state index contributed by atoms with van der Waals surface area (Å²) >= 11 is 0. The van der Waals surface area contributed by atoms with Crippen molar-refractivity contribution in [1.82, 2.24) is 9.88 Å². The molecule has 2 aliphatic heterocycles. The monoisotopic (exact) mass is 444 g/mol. The van der Waals surface area contributed by atoms with Crippen LogP contribution in [0.2, 0.25) is 0 Å². The third-order valence-corrected chi connectivity index (χ3v) is 7.14. The highest BCUT2D eigenvalue weighted by Gasteiger charge is 2.44. The van der Waals surface area contributed by atoms with Crippen molar-refractivity contribution in [3.8, 4) is 0 Å². The predicted molar refractivity (Wildman–Crippen MR) is 129 cm³/mol. The van der Waals surface area contributed by atoms with Crippen LogP contribution in [0.25, 0.3) is 10.9 Å². The Morgan fingerprint density at radius 3 is 2.79 bits per heavy atom. The van der Waals surface area contributed by atoms with Crippen molar-refractivity contribution in [2.75, 3.05) is 39.5 Å². The highest BCUT2D eigenvalue weighted by atomic mass is 16.5. The summed E-state index contributed by atoms with van der Waals surface area (Å²) in [6.07, 6.45) is 4.17. The van der Waals surface area contributed by atoms with E-state index in [9.17, 15) is 4.79 Å². The summed E-state index contributed by atoms with van der Waals surface area (Å²) in [5, 5.41) is 1.15. The molecule has 1 atom stereocenters. The fourth-order valence-electron chi connectivity index (χ4n) is 5.36. The number of fused-ring (bicyclic) bond motifs is 1. The molecule has 0 radical (unpaired) electrons. The lowest BCUT2D eigenvalue weighted by Crippen LogP contribution is -2.51. The van der Waals surface area contributed by atoms with Crippen LogP contribution in [0, 0.1) is 12.8 Å². The van der Waals surface area contributed by atoms with Crippen molar-refractivity contribution >= 4 is 16.8 Å². The van der Waals surface area contributed by atoms with Gasteiger partial charge >= 0.3 is 0 Å². The van der Waals surface area contributed by atoms with Crippen LogP contribution >= 0.6 is 0 Å². The SMILES string of the molecule is Cc1cccc(C2(C(=O)N3CCOC[C@@H](Cc4ccc5ncccc5c4)C3)CCOCC2)c1. The van der Waals surface area contributed by atoms with Gasteiger partial charge in [0.2, 0.25) is 5.91 Å². The summed E-state index contributed by atoms with van der Waals surface area (Å²) in [6.45, 7) is 5.97. The number of hydrogen-bond acceptors (Lipinski definition) is 4. The molecule has 5 rings (SSSR count). The third-order valence-electron chi connectivity index (χ3n) is 7.14. The first kappa shape index (κ1) is 22.1. The van der Waals surface area contributed by atoms with Crippen LogP contribution in [-0.4, -0.2) is 55.3 Å². The van der Waals surface area contributed by atoms with Gasteiger partial charge in [0.25, 0.3) is 0 Å². The van der Waals surface area contributed by atoms with E-state index in [-0.39, 0.29) is 11.8 Å². The lowest BCUT2D eigenvalue weighted by molar-refractivity contribution is -0.141. The normalized spacial score (nSPS) is 21.0. The number of hydrogen-bond donors (Lipinski definition) is 0. The average molecular weight is 445 g/mol. The Morgan fingerprint density at radius 2 is 1.94 bits per heavy atom. The van der Waals surface area contributed by atoms with E-state index in [0.29, 0.717) is 33.0 Å². The Morgan fingerprint density at radius 1 is 1.06 bits per heavy atom. The number of aryl methyl sites for hydroxylation is 1. The van der Waals surface area contributed by atoms with E-state index >= 15 is 0 Å². The standard InChI is InChI=1S/C28H32N2O3/c1-21-4-2-6-25(16-21)28(9-13-32-14-10-28)27(31)30-12-15-33-20-23(19-30)17-22-7-8-26-24(18-22)5-3-11-29-26/h2-8,11,16,18,23H,9-10,12-15,17,19-20H2,1H3/t23-/m0/s1. The van der Waals surface area contributed by atoms with Crippen LogP contribution in [0.3, 0.4) is 0 Å². The minimum atomic E-state index is -0.506. The van der Waals surface area contributed by atoms with E-state index in [2.05, 4.69) is 65.3 Å². The van der Waals surface area contributed by atoms with E-state index in [1.54, 1.807) is 0 Å². The van der Waals surface area contributed by atoms with Gasteiger partial charge in [0.05, 0.1) is 24.1 Å². The molecule has 3 aromatic rings. The molecule has 0 saturated carbocycles. The number of nitrogens with zero attached hydrogens (tertiary/aromatic N) is 2. The first-order valence-electron chi connectivity index (χ1n) is 12.0. The van der Waals surface area contributed by atoms with Crippen molar-refractivity contribution in [2.24, 2.45) is 5.92 Å². The van der Waals surface area contributed by atoms with Crippen LogP contribution in [0.15, 0.2) is 60.8 Å². The second-order valence-corrected chi connectivity index (χ2v) is 9.49. The van der Waals surface area contributed by atoms with Crippen LogP contribution in [0.4, 0.5) is 0 Å². The highest BCUT2D eigenvalue weighted by molar-refractivity contribution is 5.88. The molecule has 1 aromatic heterocycles. The molecule has 2 fully saturated rings. The number of benzene rings is 2. The van der Waals surface area contributed by atoms with E-state index < -0.39 is 5.41 Å². The maximum absolute atomic E-state index is 14.1. The minimum absolute atomic E-state index is 0.231. The number of aromatic nitrogens is 1. The number of ether oxygens (including phenoxy) is 2. The van der Waals surface area contributed by atoms with Gasteiger partial charge in [0.1, 0.15) is 0 Å². The van der Waals surface area contributed by atoms with E-state index in [4.69, 9.17) is 9.47 Å². The van der Waals surface area contributed by atoms with Crippen LogP contribution < -0.4 is 0 Å². The quantitative estimate of drug-likeness (QED) is 0.602. The van der Waals surface area contributed by atoms with Gasteiger partial charge in [-0.25, -0.2) is 0 Å². The summed E-state index contributed by atoms with van der Waals surface area (Å²) in [6, 6.07) is 19.0. The fourth-order valence-corrected chi connectivity index (χ4v) is 5.36. The second-order valence-electron chi connectivity index (χ2n) is 9.49. The van der Waals surface area contributed by atoms with Crippen LogP contribution in [-0.2, 0) is 26.1 Å². The topological polar surface area (TPSA) is 51.7 Å². The summed E-state index contributed by atoms with van der Waals surface area (Å²) in [4.78, 5) is 20.6. The second kappa shape index (κ2) is 9.62. The number of rotatable bonds is 4. The Labute approximate surface area is 195 Å². The van der Waals surface area contributed by atoms with Crippen molar-refractivity contribution in [2.45, 2.75) is 31.6 Å². The molecule has 0 N–H and O–H groups in total. The van der Waals surface area contributed by atoms with Gasteiger partial charge in [-0.3, -0.25) is 9.78 Å². The predicted octanol–water partition coefficient (Wildman–Crippen LogP) is 4.31. The van der Waals surface area contributed by atoms with Crippen molar-refractivity contribution in [1.29, 1.82) is 0 Å². The molecule has 0 aliphatic carbocycles. The third kappa shape index (κ3) is 4.66. The summed E-state index contributed by atoms with van der Waals surface area (Å²) in [7, 11) is 0. The van der Waals surface area contributed by atoms with E-state index in [0.717, 1.165) is 42.3 Å². The molecule has 172 valence electrons. The van der Waals surface area contributed by atoms with Gasteiger partial charge in [-0.15, -0.1) is 0 Å². The number of carbonyl (C=O) groups is 1. The van der Waals surface area contributed by atoms with Crippen molar-refractivity contribution in [3.63, 3.8) is 0 Å². The molecule has 3 heterocycles. The minimum Gasteiger partial charge on any atom is -0.381 e. The van der Waals surface area contributed by atoms with E-state index in [1.807, 2.05) is 12.3 Å². The van der Waals surface area contributed by atoms with Crippen LogP contribution in [0.5, 0.6) is 0 Å². The van der Waals surface area contributed by atoms with Gasteiger partial charge in [-0.05, 0) is 55.5 Å². The van der Waals surface area contributed by atoms with Gasteiger partial charge in [0, 0.05) is 43.8 Å². The maximum Gasteiger partial charge on any atom is 0.233 e. The molecular formula is C28H32N2O3. The highest BCUT2D eigenvalue weighted by Crippen LogP contribution is 2.37. The lowest BCUT2D eigenvalue weighted by Gasteiger charge is -2.40. The number of pyridine rings is 1. The number of amides is 1. The Hall–Kier alpha value is -2.76. The molecule has 5 nitrogen and oxygen atoms in total. The smallest absolute Gasteiger partial charge is 0.233 e. The first-order chi connectivity index (χ1) is 16.1. The maximum atomic E-state index is 14.1. The summed E-state index contributed by atoms with van der Waals surface area (Å²) in [5.74, 6) is 0.495. The zero-order chi connectivity index (χ0) is 22.7. The van der Waals surface area contributed by atoms with Gasteiger partial charge in [-0.2, -0.15) is 0 Å². The number of carbonyl (C=O) groups excluding carboxylic acids is 1. The molecule has 33 heavy (non-hydrogen) atoms. The Bertz CT molecular complexity index is 1120. The van der Waals surface area contributed by atoms with Gasteiger partial charge in [-0.1, -0.05) is 42.0 Å². The molecule has 0 spiro atoms. The molecule has 2 saturated heterocycles. The van der Waals surface area contributed by atoms with Gasteiger partial charge in [0.15, 0.2) is 0 Å². The fraction of sp³-hybridized carbons (Fsp3) is 0.429. The molecule has 5 heteroatoms. The first-order valence-corrected chi connectivity index (χ1v) is 12.0. The average Bonchev–Trinajstić information content (AvgIpc) is 3.09. The molecule has 0 unspecified atom stereocenters. The molecular weight excluding hydrogens is 412 g/mol. The Kier molecular flexibility index (Phi) is 6.43. The van der Waals surface area contributed by atoms with Crippen molar-refractivity contribution < 1.29 is 14.3 Å². The Balaban J connectivity index is 1.38. The molecule has 1 amide bonds. The largest absolute Gasteiger partial charge is 0.381 e. The van der Waals surface area contributed by atoms with Crippen molar-refractivity contribution in [3.05, 3.63) is 77.5 Å². The van der Waals surface area contributed by atoms with E-state index in [1.165, 1.54) is 11.1 Å².